The molecule has 0 aliphatic carbocycles. The third kappa shape index (κ3) is 3.88. The lowest BCUT2D eigenvalue weighted by Crippen LogP contribution is -2.23. The standard InChI is InChI=1S/C16H18FNO2/c1-12(11-18-16-6-4-3-5-15(16)17)20-14-9-7-13(19-2)8-10-14/h3-10,12,18H,11H2,1-2H3. The summed E-state index contributed by atoms with van der Waals surface area (Å²) in [6.07, 6.45) is -0.0806. The van der Waals surface area contributed by atoms with Crippen LogP contribution in [-0.2, 0) is 0 Å². The molecule has 0 saturated heterocycles. The molecule has 0 saturated carbocycles. The highest BCUT2D eigenvalue weighted by Crippen LogP contribution is 2.18. The van der Waals surface area contributed by atoms with Crippen molar-refractivity contribution in [1.82, 2.24) is 0 Å². The van der Waals surface area contributed by atoms with Crippen molar-refractivity contribution in [1.29, 1.82) is 0 Å². The molecular weight excluding hydrogens is 257 g/mol. The normalized spacial score (nSPS) is 11.8. The monoisotopic (exact) mass is 275 g/mol. The average molecular weight is 275 g/mol. The van der Waals surface area contributed by atoms with Gasteiger partial charge in [-0.15, -0.1) is 0 Å². The Morgan fingerprint density at radius 3 is 2.35 bits per heavy atom. The van der Waals surface area contributed by atoms with E-state index in [1.165, 1.54) is 6.07 Å². The van der Waals surface area contributed by atoms with Gasteiger partial charge in [-0.25, -0.2) is 4.39 Å². The molecule has 3 nitrogen and oxygen atoms in total. The number of para-hydroxylation sites is 1. The van der Waals surface area contributed by atoms with Gasteiger partial charge in [0.1, 0.15) is 23.4 Å². The Morgan fingerprint density at radius 1 is 1.05 bits per heavy atom. The van der Waals surface area contributed by atoms with Gasteiger partial charge in [0.25, 0.3) is 0 Å². The van der Waals surface area contributed by atoms with Crippen LogP contribution in [0, 0.1) is 5.82 Å². The van der Waals surface area contributed by atoms with Crippen LogP contribution in [0.15, 0.2) is 48.5 Å². The van der Waals surface area contributed by atoms with E-state index in [-0.39, 0.29) is 11.9 Å². The first-order chi connectivity index (χ1) is 9.69. The molecule has 1 N–H and O–H groups in total. The number of nitrogens with one attached hydrogen (secondary N) is 1. The SMILES string of the molecule is COc1ccc(OC(C)CNc2ccccc2F)cc1. The first kappa shape index (κ1) is 14.2. The zero-order chi connectivity index (χ0) is 14.4. The average Bonchev–Trinajstić information content (AvgIpc) is 2.47. The van der Waals surface area contributed by atoms with Crippen molar-refractivity contribution in [3.8, 4) is 11.5 Å². The maximum absolute atomic E-state index is 13.4. The number of methoxy groups -OCH3 is 1. The van der Waals surface area contributed by atoms with Crippen LogP contribution < -0.4 is 14.8 Å². The van der Waals surface area contributed by atoms with Crippen molar-refractivity contribution in [3.05, 3.63) is 54.3 Å². The minimum absolute atomic E-state index is 0.0806. The molecule has 1 unspecified atom stereocenters. The zero-order valence-corrected chi connectivity index (χ0v) is 11.6. The Bertz CT molecular complexity index is 542. The largest absolute Gasteiger partial charge is 0.497 e. The zero-order valence-electron chi connectivity index (χ0n) is 11.6. The fourth-order valence-corrected chi connectivity index (χ4v) is 1.79. The number of ether oxygens (including phenoxy) is 2. The summed E-state index contributed by atoms with van der Waals surface area (Å²) < 4.78 is 24.3. The van der Waals surface area contributed by atoms with Crippen LogP contribution in [0.4, 0.5) is 10.1 Å². The van der Waals surface area contributed by atoms with Crippen molar-refractivity contribution in [2.75, 3.05) is 19.0 Å². The molecule has 0 spiro atoms. The lowest BCUT2D eigenvalue weighted by molar-refractivity contribution is 0.234. The van der Waals surface area contributed by atoms with Crippen molar-refractivity contribution >= 4 is 5.69 Å². The van der Waals surface area contributed by atoms with Crippen LogP contribution in [0.25, 0.3) is 0 Å². The summed E-state index contributed by atoms with van der Waals surface area (Å²) in [5, 5.41) is 3.03. The van der Waals surface area contributed by atoms with Gasteiger partial charge in [0.2, 0.25) is 0 Å². The van der Waals surface area contributed by atoms with Crippen LogP contribution in [0.1, 0.15) is 6.92 Å². The van der Waals surface area contributed by atoms with E-state index in [0.29, 0.717) is 12.2 Å². The van der Waals surface area contributed by atoms with Crippen LogP contribution in [0.5, 0.6) is 11.5 Å². The minimum Gasteiger partial charge on any atom is -0.497 e. The van der Waals surface area contributed by atoms with Gasteiger partial charge in [0.05, 0.1) is 19.3 Å². The fraction of sp³-hybridized carbons (Fsp3) is 0.250. The van der Waals surface area contributed by atoms with E-state index in [2.05, 4.69) is 5.32 Å². The molecular formula is C16H18FNO2. The summed E-state index contributed by atoms with van der Waals surface area (Å²) in [5.74, 6) is 1.28. The van der Waals surface area contributed by atoms with E-state index in [4.69, 9.17) is 9.47 Å². The summed E-state index contributed by atoms with van der Waals surface area (Å²) in [7, 11) is 1.62. The Balaban J connectivity index is 1.86. The van der Waals surface area contributed by atoms with E-state index in [0.717, 1.165) is 11.5 Å². The maximum atomic E-state index is 13.4. The van der Waals surface area contributed by atoms with Crippen molar-refractivity contribution in [3.63, 3.8) is 0 Å². The van der Waals surface area contributed by atoms with Crippen LogP contribution in [-0.4, -0.2) is 19.8 Å². The van der Waals surface area contributed by atoms with Crippen molar-refractivity contribution in [2.24, 2.45) is 0 Å². The van der Waals surface area contributed by atoms with Crippen LogP contribution in [0.2, 0.25) is 0 Å². The third-order valence-corrected chi connectivity index (χ3v) is 2.85. The topological polar surface area (TPSA) is 30.5 Å². The molecule has 2 aromatic rings. The van der Waals surface area contributed by atoms with E-state index >= 15 is 0 Å². The Labute approximate surface area is 118 Å². The second kappa shape index (κ2) is 6.80. The second-order valence-electron chi connectivity index (χ2n) is 4.46. The summed E-state index contributed by atoms with van der Waals surface area (Å²) in [4.78, 5) is 0. The maximum Gasteiger partial charge on any atom is 0.146 e. The molecule has 0 amide bonds. The highest BCUT2D eigenvalue weighted by molar-refractivity contribution is 5.44. The Kier molecular flexibility index (Phi) is 4.82. The molecule has 0 fully saturated rings. The van der Waals surface area contributed by atoms with Crippen LogP contribution in [0.3, 0.4) is 0 Å². The van der Waals surface area contributed by atoms with Gasteiger partial charge in [-0.05, 0) is 43.3 Å². The van der Waals surface area contributed by atoms with Gasteiger partial charge in [-0.1, -0.05) is 12.1 Å². The minimum atomic E-state index is -0.260. The number of hydrogen-bond acceptors (Lipinski definition) is 3. The van der Waals surface area contributed by atoms with Gasteiger partial charge in [-0.2, -0.15) is 0 Å². The number of anilines is 1. The summed E-state index contributed by atoms with van der Waals surface area (Å²) in [6.45, 7) is 2.45. The first-order valence-corrected chi connectivity index (χ1v) is 6.48. The first-order valence-electron chi connectivity index (χ1n) is 6.48. The number of benzene rings is 2. The van der Waals surface area contributed by atoms with Crippen molar-refractivity contribution < 1.29 is 13.9 Å². The number of halogens is 1. The number of rotatable bonds is 6. The molecule has 0 aromatic heterocycles. The fourth-order valence-electron chi connectivity index (χ4n) is 1.79. The smallest absolute Gasteiger partial charge is 0.146 e. The molecule has 2 rings (SSSR count). The van der Waals surface area contributed by atoms with E-state index in [1.54, 1.807) is 25.3 Å². The van der Waals surface area contributed by atoms with Gasteiger partial charge in [-0.3, -0.25) is 0 Å². The van der Waals surface area contributed by atoms with Gasteiger partial charge < -0.3 is 14.8 Å². The Morgan fingerprint density at radius 2 is 1.70 bits per heavy atom. The highest BCUT2D eigenvalue weighted by atomic mass is 19.1. The molecule has 106 valence electrons. The molecule has 0 bridgehead atoms. The lowest BCUT2D eigenvalue weighted by atomic mass is 10.3. The van der Waals surface area contributed by atoms with Crippen molar-refractivity contribution in [2.45, 2.75) is 13.0 Å². The van der Waals surface area contributed by atoms with Crippen LogP contribution >= 0.6 is 0 Å². The predicted molar refractivity (Wildman–Crippen MR) is 78.0 cm³/mol. The quantitative estimate of drug-likeness (QED) is 0.871. The number of hydrogen-bond donors (Lipinski definition) is 1. The predicted octanol–water partition coefficient (Wildman–Crippen LogP) is 3.71. The highest BCUT2D eigenvalue weighted by Gasteiger charge is 2.06. The molecule has 4 heteroatoms. The van der Waals surface area contributed by atoms with Gasteiger partial charge in [0, 0.05) is 0 Å². The van der Waals surface area contributed by atoms with Gasteiger partial charge in [0.15, 0.2) is 0 Å². The second-order valence-corrected chi connectivity index (χ2v) is 4.46. The summed E-state index contributed by atoms with van der Waals surface area (Å²) >= 11 is 0. The molecule has 20 heavy (non-hydrogen) atoms. The molecule has 1 atom stereocenters. The lowest BCUT2D eigenvalue weighted by Gasteiger charge is -2.16. The summed E-state index contributed by atoms with van der Waals surface area (Å²) in [5.41, 5.74) is 0.484. The summed E-state index contributed by atoms with van der Waals surface area (Å²) in [6, 6.07) is 14.0. The molecule has 2 aromatic carbocycles. The molecule has 0 radical (unpaired) electrons. The molecule has 0 aliphatic rings. The third-order valence-electron chi connectivity index (χ3n) is 2.85. The van der Waals surface area contributed by atoms with E-state index in [9.17, 15) is 4.39 Å². The van der Waals surface area contributed by atoms with E-state index in [1.807, 2.05) is 31.2 Å². The molecule has 0 heterocycles. The van der Waals surface area contributed by atoms with Gasteiger partial charge >= 0.3 is 0 Å². The Hall–Kier alpha value is -2.23. The molecule has 0 aliphatic heterocycles. The van der Waals surface area contributed by atoms with E-state index < -0.39 is 0 Å².